The van der Waals surface area contributed by atoms with Crippen LogP contribution in [0.3, 0.4) is 0 Å². The molecule has 1 saturated heterocycles. The van der Waals surface area contributed by atoms with E-state index in [-0.39, 0.29) is 12.5 Å². The molecule has 0 bridgehead atoms. The highest BCUT2D eigenvalue weighted by Crippen LogP contribution is 2.24. The predicted octanol–water partition coefficient (Wildman–Crippen LogP) is 4.32. The van der Waals surface area contributed by atoms with Crippen molar-refractivity contribution in [2.24, 2.45) is 0 Å². The lowest BCUT2D eigenvalue weighted by molar-refractivity contribution is -0.125. The molecule has 0 N–H and O–H groups in total. The number of carbonyl (C=O) groups is 2. The number of nitrogens with zero attached hydrogens (tertiary/aromatic N) is 4. The maximum Gasteiger partial charge on any atom is 0.410 e. The number of aromatic nitrogens is 2. The minimum absolute atomic E-state index is 0.137. The van der Waals surface area contributed by atoms with Crippen LogP contribution in [-0.4, -0.2) is 45.4 Å². The summed E-state index contributed by atoms with van der Waals surface area (Å²) in [5.74, 6) is 0.459. The van der Waals surface area contributed by atoms with Crippen molar-refractivity contribution in [2.75, 3.05) is 18.0 Å². The summed E-state index contributed by atoms with van der Waals surface area (Å²) in [5.41, 5.74) is 2.81. The Bertz CT molecular complexity index is 1240. The summed E-state index contributed by atoms with van der Waals surface area (Å²) >= 11 is 0. The number of ether oxygens (including phenoxy) is 1. The van der Waals surface area contributed by atoms with Gasteiger partial charge in [0, 0.05) is 19.3 Å². The van der Waals surface area contributed by atoms with Crippen molar-refractivity contribution in [3.8, 4) is 0 Å². The Labute approximate surface area is 198 Å². The molecule has 0 aliphatic carbocycles. The number of amides is 2. The van der Waals surface area contributed by atoms with Crippen LogP contribution in [0.2, 0.25) is 0 Å². The number of fused-ring (bicyclic) bond motifs is 1. The zero-order valence-electron chi connectivity index (χ0n) is 18.8. The van der Waals surface area contributed by atoms with Crippen LogP contribution < -0.4 is 4.90 Å². The van der Waals surface area contributed by atoms with Gasteiger partial charge in [0.15, 0.2) is 5.82 Å². The van der Waals surface area contributed by atoms with Gasteiger partial charge in [0.1, 0.15) is 18.3 Å². The quantitative estimate of drug-likeness (QED) is 0.435. The highest BCUT2D eigenvalue weighted by Gasteiger charge is 2.39. The van der Waals surface area contributed by atoms with Gasteiger partial charge in [-0.3, -0.25) is 14.6 Å². The van der Waals surface area contributed by atoms with Crippen LogP contribution in [0, 0.1) is 0 Å². The summed E-state index contributed by atoms with van der Waals surface area (Å²) in [6.45, 7) is 0.920. The number of rotatable bonds is 6. The summed E-state index contributed by atoms with van der Waals surface area (Å²) in [4.78, 5) is 34.5. The Hall–Kier alpha value is -4.13. The fourth-order valence-electron chi connectivity index (χ4n) is 4.31. The van der Waals surface area contributed by atoms with E-state index in [1.807, 2.05) is 95.7 Å². The summed E-state index contributed by atoms with van der Waals surface area (Å²) in [7, 11) is 0. The normalized spacial score (nSPS) is 16.1. The van der Waals surface area contributed by atoms with E-state index >= 15 is 0 Å². The minimum atomic E-state index is -0.623. The Morgan fingerprint density at radius 3 is 2.35 bits per heavy atom. The van der Waals surface area contributed by atoms with Gasteiger partial charge >= 0.3 is 6.09 Å². The first kappa shape index (κ1) is 21.7. The first-order valence-electron chi connectivity index (χ1n) is 11.5. The molecule has 2 amide bonds. The topological polar surface area (TPSA) is 67.2 Å². The second-order valence-electron chi connectivity index (χ2n) is 8.33. The Morgan fingerprint density at radius 2 is 1.62 bits per heavy atom. The van der Waals surface area contributed by atoms with Crippen molar-refractivity contribution in [3.63, 3.8) is 0 Å². The molecule has 1 aliphatic heterocycles. The third-order valence-corrected chi connectivity index (χ3v) is 6.11. The molecule has 34 heavy (non-hydrogen) atoms. The van der Waals surface area contributed by atoms with E-state index in [0.717, 1.165) is 16.8 Å². The second-order valence-corrected chi connectivity index (χ2v) is 8.33. The predicted molar refractivity (Wildman–Crippen MR) is 129 cm³/mol. The molecule has 0 unspecified atom stereocenters. The summed E-state index contributed by atoms with van der Waals surface area (Å²) < 4.78 is 7.47. The average molecular weight is 455 g/mol. The summed E-state index contributed by atoms with van der Waals surface area (Å²) in [6, 6.07) is 24.7. The van der Waals surface area contributed by atoms with Gasteiger partial charge in [-0.05, 0) is 36.1 Å². The van der Waals surface area contributed by atoms with Crippen LogP contribution in [0.25, 0.3) is 5.65 Å². The molecule has 172 valence electrons. The first-order chi connectivity index (χ1) is 16.7. The maximum absolute atomic E-state index is 13.6. The third-order valence-electron chi connectivity index (χ3n) is 6.11. The maximum atomic E-state index is 13.6. The van der Waals surface area contributed by atoms with Crippen molar-refractivity contribution in [1.82, 2.24) is 14.3 Å². The number of imidazole rings is 1. The molecule has 1 atom stereocenters. The van der Waals surface area contributed by atoms with Gasteiger partial charge < -0.3 is 9.14 Å². The number of hydrogen-bond acceptors (Lipinski definition) is 4. The lowest BCUT2D eigenvalue weighted by atomic mass is 10.0. The van der Waals surface area contributed by atoms with Crippen molar-refractivity contribution < 1.29 is 14.3 Å². The smallest absolute Gasteiger partial charge is 0.410 e. The van der Waals surface area contributed by atoms with Gasteiger partial charge in [-0.2, -0.15) is 0 Å². The Balaban J connectivity index is 1.35. The van der Waals surface area contributed by atoms with Crippen LogP contribution >= 0.6 is 0 Å². The molecule has 1 aliphatic rings. The number of anilines is 1. The summed E-state index contributed by atoms with van der Waals surface area (Å²) in [5, 5.41) is 0. The lowest BCUT2D eigenvalue weighted by Gasteiger charge is -2.39. The molecular formula is C27H26N4O3. The molecule has 7 nitrogen and oxygen atoms in total. The fourth-order valence-corrected chi connectivity index (χ4v) is 4.31. The molecule has 0 radical (unpaired) electrons. The highest BCUT2D eigenvalue weighted by molar-refractivity contribution is 5.99. The van der Waals surface area contributed by atoms with Crippen LogP contribution in [0.5, 0.6) is 0 Å². The van der Waals surface area contributed by atoms with Crippen molar-refractivity contribution >= 4 is 23.5 Å². The van der Waals surface area contributed by atoms with E-state index in [9.17, 15) is 9.59 Å². The minimum Gasteiger partial charge on any atom is -0.445 e. The number of benzene rings is 2. The lowest BCUT2D eigenvalue weighted by Crippen LogP contribution is -2.59. The monoisotopic (exact) mass is 454 g/mol. The van der Waals surface area contributed by atoms with Crippen LogP contribution in [0.1, 0.15) is 17.5 Å². The van der Waals surface area contributed by atoms with Gasteiger partial charge in [0.2, 0.25) is 0 Å². The average Bonchev–Trinajstić information content (AvgIpc) is 3.31. The molecule has 4 aromatic rings. The van der Waals surface area contributed by atoms with Crippen LogP contribution in [-0.2, 0) is 22.6 Å². The van der Waals surface area contributed by atoms with E-state index in [2.05, 4.69) is 4.98 Å². The van der Waals surface area contributed by atoms with E-state index in [1.54, 1.807) is 9.80 Å². The van der Waals surface area contributed by atoms with Crippen molar-refractivity contribution in [1.29, 1.82) is 0 Å². The molecule has 5 rings (SSSR count). The second kappa shape index (κ2) is 9.79. The Kier molecular flexibility index (Phi) is 6.25. The van der Waals surface area contributed by atoms with Gasteiger partial charge in [-0.1, -0.05) is 66.7 Å². The van der Waals surface area contributed by atoms with Gasteiger partial charge in [-0.25, -0.2) is 9.78 Å². The van der Waals surface area contributed by atoms with Gasteiger partial charge in [-0.15, -0.1) is 0 Å². The molecule has 0 spiro atoms. The molecule has 7 heteroatoms. The number of pyridine rings is 1. The number of carbonyl (C=O) groups excluding carboxylic acids is 2. The SMILES string of the molecule is O=C1[C@@H](CCc2ccccc2)N(C(=O)OCc2ccccc2)CCN1c1cn2ccccc2n1. The van der Waals surface area contributed by atoms with Gasteiger partial charge in [0.25, 0.3) is 5.91 Å². The molecule has 2 aromatic heterocycles. The van der Waals surface area contributed by atoms with Gasteiger partial charge in [0.05, 0.1) is 6.20 Å². The van der Waals surface area contributed by atoms with Crippen molar-refractivity contribution in [2.45, 2.75) is 25.5 Å². The molecule has 2 aromatic carbocycles. The molecular weight excluding hydrogens is 428 g/mol. The number of piperazine rings is 1. The number of hydrogen-bond donors (Lipinski definition) is 0. The third kappa shape index (κ3) is 4.64. The van der Waals surface area contributed by atoms with Crippen molar-refractivity contribution in [3.05, 3.63) is 102 Å². The first-order valence-corrected chi connectivity index (χ1v) is 11.5. The van der Waals surface area contributed by atoms with Crippen LogP contribution in [0.15, 0.2) is 91.3 Å². The van der Waals surface area contributed by atoms with E-state index in [0.29, 0.717) is 31.7 Å². The molecule has 3 heterocycles. The van der Waals surface area contributed by atoms with Crippen LogP contribution in [0.4, 0.5) is 10.6 Å². The summed E-state index contributed by atoms with van der Waals surface area (Å²) in [6.07, 6.45) is 4.47. The molecule has 1 fully saturated rings. The standard InChI is InChI=1S/C27H26N4O3/c32-26-23(15-14-21-9-3-1-4-10-21)30(27(33)34-20-22-11-5-2-6-12-22)17-18-31(26)25-19-29-16-8-7-13-24(29)28-25/h1-13,16,19,23H,14-15,17-18,20H2/t23-/m1/s1. The fraction of sp³-hybridized carbons (Fsp3) is 0.222. The molecule has 0 saturated carbocycles. The Morgan fingerprint density at radius 1 is 0.912 bits per heavy atom. The number of aryl methyl sites for hydroxylation is 1. The zero-order chi connectivity index (χ0) is 23.3. The van der Waals surface area contributed by atoms with E-state index in [1.165, 1.54) is 0 Å². The highest BCUT2D eigenvalue weighted by atomic mass is 16.6. The zero-order valence-corrected chi connectivity index (χ0v) is 18.8. The largest absolute Gasteiger partial charge is 0.445 e. The van der Waals surface area contributed by atoms with E-state index in [4.69, 9.17) is 4.74 Å². The van der Waals surface area contributed by atoms with E-state index < -0.39 is 12.1 Å².